The first kappa shape index (κ1) is 13.9. The molecule has 0 aliphatic heterocycles. The molecule has 1 aromatic heterocycles. The van der Waals surface area contributed by atoms with Crippen molar-refractivity contribution in [3.8, 4) is 5.75 Å². The van der Waals surface area contributed by atoms with Gasteiger partial charge in [-0.15, -0.1) is 0 Å². The van der Waals surface area contributed by atoms with Crippen LogP contribution in [0.2, 0.25) is 0 Å². The third kappa shape index (κ3) is 3.73. The zero-order valence-electron chi connectivity index (χ0n) is 11.4. The minimum atomic E-state index is 0.590. The Morgan fingerprint density at radius 2 is 1.95 bits per heavy atom. The van der Waals surface area contributed by atoms with Crippen LogP contribution in [0, 0.1) is 0 Å². The molecule has 0 unspecified atom stereocenters. The second kappa shape index (κ2) is 6.59. The summed E-state index contributed by atoms with van der Waals surface area (Å²) in [6, 6.07) is 18.1. The van der Waals surface area contributed by atoms with Crippen LogP contribution in [0.15, 0.2) is 65.3 Å². The molecule has 0 aliphatic rings. The predicted molar refractivity (Wildman–Crippen MR) is 89.9 cm³/mol. The molecule has 3 nitrogen and oxygen atoms in total. The molecule has 3 rings (SSSR count). The summed E-state index contributed by atoms with van der Waals surface area (Å²) in [4.78, 5) is 4.38. The van der Waals surface area contributed by atoms with Crippen LogP contribution in [0.3, 0.4) is 0 Å². The van der Waals surface area contributed by atoms with Gasteiger partial charge in [-0.3, -0.25) is 4.98 Å². The lowest BCUT2D eigenvalue weighted by molar-refractivity contribution is 0.332. The van der Waals surface area contributed by atoms with Crippen molar-refractivity contribution in [3.05, 3.63) is 65.3 Å². The first-order chi connectivity index (χ1) is 10.3. The average Bonchev–Trinajstić information content (AvgIpc) is 2.51. The van der Waals surface area contributed by atoms with E-state index in [4.69, 9.17) is 4.74 Å². The Morgan fingerprint density at radius 3 is 2.86 bits per heavy atom. The highest BCUT2D eigenvalue weighted by molar-refractivity contribution is 9.10. The van der Waals surface area contributed by atoms with E-state index in [1.54, 1.807) is 6.20 Å². The SMILES string of the molecule is Brc1cccc(NCCOc2cnc3ccccc3c2)c1. The van der Waals surface area contributed by atoms with Crippen LogP contribution < -0.4 is 10.1 Å². The number of anilines is 1. The summed E-state index contributed by atoms with van der Waals surface area (Å²) in [5.41, 5.74) is 2.06. The number of hydrogen-bond acceptors (Lipinski definition) is 3. The molecule has 0 atom stereocenters. The van der Waals surface area contributed by atoms with E-state index in [1.807, 2.05) is 54.6 Å². The Bertz CT molecular complexity index is 745. The Balaban J connectivity index is 1.54. The number of benzene rings is 2. The first-order valence-corrected chi connectivity index (χ1v) is 7.57. The van der Waals surface area contributed by atoms with E-state index >= 15 is 0 Å². The lowest BCUT2D eigenvalue weighted by Gasteiger charge is -2.09. The summed E-state index contributed by atoms with van der Waals surface area (Å²) in [6.07, 6.45) is 1.77. The van der Waals surface area contributed by atoms with Gasteiger partial charge >= 0.3 is 0 Å². The Morgan fingerprint density at radius 1 is 1.05 bits per heavy atom. The van der Waals surface area contributed by atoms with Crippen molar-refractivity contribution in [2.45, 2.75) is 0 Å². The molecule has 0 aliphatic carbocycles. The van der Waals surface area contributed by atoms with Gasteiger partial charge in [0.1, 0.15) is 12.4 Å². The van der Waals surface area contributed by atoms with Gasteiger partial charge in [0.2, 0.25) is 0 Å². The van der Waals surface area contributed by atoms with Crippen molar-refractivity contribution in [2.24, 2.45) is 0 Å². The number of nitrogens with one attached hydrogen (secondary N) is 1. The summed E-state index contributed by atoms with van der Waals surface area (Å²) in [7, 11) is 0. The predicted octanol–water partition coefficient (Wildman–Crippen LogP) is 4.49. The molecule has 0 spiro atoms. The molecule has 2 aromatic carbocycles. The van der Waals surface area contributed by atoms with Gasteiger partial charge in [-0.2, -0.15) is 0 Å². The van der Waals surface area contributed by atoms with E-state index in [0.29, 0.717) is 6.61 Å². The van der Waals surface area contributed by atoms with Gasteiger partial charge in [0.25, 0.3) is 0 Å². The number of fused-ring (bicyclic) bond motifs is 1. The molecule has 1 heterocycles. The zero-order chi connectivity index (χ0) is 14.5. The molecule has 0 saturated heterocycles. The smallest absolute Gasteiger partial charge is 0.138 e. The topological polar surface area (TPSA) is 34.1 Å². The van der Waals surface area contributed by atoms with Gasteiger partial charge in [-0.05, 0) is 30.3 Å². The van der Waals surface area contributed by atoms with Gasteiger partial charge in [0.15, 0.2) is 0 Å². The lowest BCUT2D eigenvalue weighted by atomic mass is 10.2. The van der Waals surface area contributed by atoms with Crippen molar-refractivity contribution in [1.82, 2.24) is 4.98 Å². The maximum Gasteiger partial charge on any atom is 0.138 e. The number of halogens is 1. The normalized spacial score (nSPS) is 10.5. The van der Waals surface area contributed by atoms with Gasteiger partial charge in [0.05, 0.1) is 11.7 Å². The third-order valence-corrected chi connectivity index (χ3v) is 3.58. The molecule has 0 fully saturated rings. The number of hydrogen-bond donors (Lipinski definition) is 1. The van der Waals surface area contributed by atoms with Crippen LogP contribution in [0.5, 0.6) is 5.75 Å². The molecule has 0 bridgehead atoms. The molecule has 3 aromatic rings. The van der Waals surface area contributed by atoms with E-state index in [0.717, 1.165) is 33.4 Å². The number of nitrogens with zero attached hydrogens (tertiary/aromatic N) is 1. The average molecular weight is 343 g/mol. The number of para-hydroxylation sites is 1. The maximum atomic E-state index is 5.73. The maximum absolute atomic E-state index is 5.73. The first-order valence-electron chi connectivity index (χ1n) is 6.78. The highest BCUT2D eigenvalue weighted by Crippen LogP contribution is 2.18. The molecule has 0 saturated carbocycles. The third-order valence-electron chi connectivity index (χ3n) is 3.09. The Labute approximate surface area is 132 Å². The van der Waals surface area contributed by atoms with Crippen molar-refractivity contribution in [2.75, 3.05) is 18.5 Å². The quantitative estimate of drug-likeness (QED) is 0.693. The Hall–Kier alpha value is -2.07. The molecular formula is C17H15BrN2O. The number of pyridine rings is 1. The summed E-state index contributed by atoms with van der Waals surface area (Å²) >= 11 is 3.45. The van der Waals surface area contributed by atoms with E-state index in [-0.39, 0.29) is 0 Å². The van der Waals surface area contributed by atoms with Crippen LogP contribution in [0.25, 0.3) is 10.9 Å². The van der Waals surface area contributed by atoms with Crippen LogP contribution in [0.4, 0.5) is 5.69 Å². The van der Waals surface area contributed by atoms with Crippen molar-refractivity contribution in [3.63, 3.8) is 0 Å². The largest absolute Gasteiger partial charge is 0.490 e. The molecule has 1 N–H and O–H groups in total. The van der Waals surface area contributed by atoms with Crippen LogP contribution >= 0.6 is 15.9 Å². The zero-order valence-corrected chi connectivity index (χ0v) is 13.0. The summed E-state index contributed by atoms with van der Waals surface area (Å²) in [6.45, 7) is 1.33. The van der Waals surface area contributed by atoms with Gasteiger partial charge in [0, 0.05) is 22.1 Å². The highest BCUT2D eigenvalue weighted by atomic mass is 79.9. The summed E-state index contributed by atoms with van der Waals surface area (Å²) in [5, 5.41) is 4.41. The van der Waals surface area contributed by atoms with Crippen molar-refractivity contribution >= 4 is 32.5 Å². The summed E-state index contributed by atoms with van der Waals surface area (Å²) in [5.74, 6) is 0.796. The fourth-order valence-electron chi connectivity index (χ4n) is 2.09. The summed E-state index contributed by atoms with van der Waals surface area (Å²) < 4.78 is 6.79. The van der Waals surface area contributed by atoms with E-state index in [9.17, 15) is 0 Å². The van der Waals surface area contributed by atoms with Crippen LogP contribution in [0.1, 0.15) is 0 Å². The minimum Gasteiger partial charge on any atom is -0.490 e. The molecule has 0 amide bonds. The molecule has 0 radical (unpaired) electrons. The molecule has 21 heavy (non-hydrogen) atoms. The molecular weight excluding hydrogens is 328 g/mol. The van der Waals surface area contributed by atoms with Gasteiger partial charge in [-0.25, -0.2) is 0 Å². The monoisotopic (exact) mass is 342 g/mol. The second-order valence-electron chi connectivity index (χ2n) is 4.65. The Kier molecular flexibility index (Phi) is 4.36. The minimum absolute atomic E-state index is 0.590. The van der Waals surface area contributed by atoms with Crippen molar-refractivity contribution in [1.29, 1.82) is 0 Å². The number of ether oxygens (including phenoxy) is 1. The molecule has 4 heteroatoms. The molecule has 106 valence electrons. The van der Waals surface area contributed by atoms with E-state index in [1.165, 1.54) is 0 Å². The highest BCUT2D eigenvalue weighted by Gasteiger charge is 1.98. The van der Waals surface area contributed by atoms with Gasteiger partial charge < -0.3 is 10.1 Å². The standard InChI is InChI=1S/C17H15BrN2O/c18-14-5-3-6-15(11-14)19-8-9-21-16-10-13-4-1-2-7-17(13)20-12-16/h1-7,10-12,19H,8-9H2. The van der Waals surface area contributed by atoms with Gasteiger partial charge in [-0.1, -0.05) is 40.2 Å². The van der Waals surface area contributed by atoms with Crippen molar-refractivity contribution < 1.29 is 4.74 Å². The fraction of sp³-hybridized carbons (Fsp3) is 0.118. The number of rotatable bonds is 5. The second-order valence-corrected chi connectivity index (χ2v) is 5.56. The van der Waals surface area contributed by atoms with E-state index in [2.05, 4.69) is 26.2 Å². The lowest BCUT2D eigenvalue weighted by Crippen LogP contribution is -2.11. The number of aromatic nitrogens is 1. The fourth-order valence-corrected chi connectivity index (χ4v) is 2.49. The van der Waals surface area contributed by atoms with E-state index < -0.39 is 0 Å². The van der Waals surface area contributed by atoms with Crippen LogP contribution in [-0.2, 0) is 0 Å². The van der Waals surface area contributed by atoms with Crippen LogP contribution in [-0.4, -0.2) is 18.1 Å².